The van der Waals surface area contributed by atoms with Crippen LogP contribution in [0.4, 0.5) is 0 Å². The molecule has 0 aromatic heterocycles. The molecule has 2 heteroatoms. The summed E-state index contributed by atoms with van der Waals surface area (Å²) in [5.74, 6) is 0.313. The van der Waals surface area contributed by atoms with E-state index in [2.05, 4.69) is 44.3 Å². The van der Waals surface area contributed by atoms with Gasteiger partial charge < -0.3 is 10.4 Å². The summed E-state index contributed by atoms with van der Waals surface area (Å²) in [5.41, 5.74) is 3.93. The monoisotopic (exact) mass is 221 g/mol. The Morgan fingerprint density at radius 3 is 2.19 bits per heavy atom. The predicted molar refractivity (Wildman–Crippen MR) is 68.6 cm³/mol. The van der Waals surface area contributed by atoms with Gasteiger partial charge in [-0.05, 0) is 32.3 Å². The van der Waals surface area contributed by atoms with Crippen molar-refractivity contribution in [2.45, 2.75) is 33.7 Å². The third kappa shape index (κ3) is 3.95. The summed E-state index contributed by atoms with van der Waals surface area (Å²) in [7, 11) is 0. The number of aryl methyl sites for hydroxylation is 2. The Balaban J connectivity index is 2.62. The van der Waals surface area contributed by atoms with Gasteiger partial charge >= 0.3 is 0 Å². The van der Waals surface area contributed by atoms with Crippen molar-refractivity contribution in [3.8, 4) is 0 Å². The average molecular weight is 221 g/mol. The van der Waals surface area contributed by atoms with Gasteiger partial charge in [0.15, 0.2) is 0 Å². The van der Waals surface area contributed by atoms with E-state index < -0.39 is 0 Å². The molecule has 0 aliphatic carbocycles. The lowest BCUT2D eigenvalue weighted by Crippen LogP contribution is -2.26. The highest BCUT2D eigenvalue weighted by Crippen LogP contribution is 2.16. The van der Waals surface area contributed by atoms with Crippen molar-refractivity contribution in [3.05, 3.63) is 34.9 Å². The third-order valence-electron chi connectivity index (χ3n) is 2.83. The van der Waals surface area contributed by atoms with Gasteiger partial charge in [0.05, 0.1) is 0 Å². The van der Waals surface area contributed by atoms with Crippen LogP contribution in [0.15, 0.2) is 18.2 Å². The first kappa shape index (κ1) is 13.2. The maximum atomic E-state index is 8.97. The zero-order valence-electron chi connectivity index (χ0n) is 10.7. The van der Waals surface area contributed by atoms with E-state index in [1.807, 2.05) is 6.92 Å². The van der Waals surface area contributed by atoms with Crippen molar-refractivity contribution < 1.29 is 5.11 Å². The zero-order chi connectivity index (χ0) is 12.1. The molecule has 2 N–H and O–H groups in total. The minimum Gasteiger partial charge on any atom is -0.396 e. The van der Waals surface area contributed by atoms with Gasteiger partial charge in [0.2, 0.25) is 0 Å². The normalized spacial score (nSPS) is 14.8. The average Bonchev–Trinajstić information content (AvgIpc) is 2.23. The number of rotatable bonds is 5. The molecule has 0 radical (unpaired) electrons. The van der Waals surface area contributed by atoms with Crippen molar-refractivity contribution in [2.75, 3.05) is 13.2 Å². The number of aliphatic hydroxyl groups is 1. The fourth-order valence-electron chi connectivity index (χ4n) is 1.82. The number of aliphatic hydroxyl groups excluding tert-OH is 1. The summed E-state index contributed by atoms with van der Waals surface area (Å²) in [5, 5.41) is 12.4. The summed E-state index contributed by atoms with van der Waals surface area (Å²) in [6.07, 6.45) is 0. The van der Waals surface area contributed by atoms with E-state index in [4.69, 9.17) is 5.11 Å². The van der Waals surface area contributed by atoms with E-state index in [0.29, 0.717) is 12.0 Å². The molecule has 1 aromatic rings. The molecule has 2 atom stereocenters. The Morgan fingerprint density at radius 2 is 1.69 bits per heavy atom. The Bertz CT molecular complexity index is 315. The standard InChI is InChI=1S/C14H23NO/c1-10-5-11(2)7-14(6-10)13(4)15-8-12(3)9-16/h5-7,12-13,15-16H,8-9H2,1-4H3. The molecule has 1 aromatic carbocycles. The zero-order valence-corrected chi connectivity index (χ0v) is 10.7. The highest BCUT2D eigenvalue weighted by atomic mass is 16.3. The van der Waals surface area contributed by atoms with Crippen LogP contribution in [-0.4, -0.2) is 18.3 Å². The van der Waals surface area contributed by atoms with Crippen LogP contribution >= 0.6 is 0 Å². The summed E-state index contributed by atoms with van der Waals surface area (Å²) in [6.45, 7) is 9.55. The molecule has 2 unspecified atom stereocenters. The van der Waals surface area contributed by atoms with E-state index >= 15 is 0 Å². The van der Waals surface area contributed by atoms with Crippen molar-refractivity contribution >= 4 is 0 Å². The van der Waals surface area contributed by atoms with Crippen LogP contribution in [0.3, 0.4) is 0 Å². The molecule has 0 heterocycles. The lowest BCUT2D eigenvalue weighted by atomic mass is 10.0. The molecule has 0 saturated heterocycles. The SMILES string of the molecule is Cc1cc(C)cc(C(C)NCC(C)CO)c1. The molecule has 0 aliphatic rings. The maximum Gasteiger partial charge on any atom is 0.0468 e. The molecule has 0 aliphatic heterocycles. The van der Waals surface area contributed by atoms with Gasteiger partial charge in [-0.2, -0.15) is 0 Å². The minimum atomic E-state index is 0.243. The molecule has 0 saturated carbocycles. The van der Waals surface area contributed by atoms with Gasteiger partial charge in [-0.3, -0.25) is 0 Å². The highest BCUT2D eigenvalue weighted by Gasteiger charge is 2.07. The van der Waals surface area contributed by atoms with E-state index in [0.717, 1.165) is 6.54 Å². The molecule has 0 fully saturated rings. The predicted octanol–water partition coefficient (Wildman–Crippen LogP) is 2.58. The first-order valence-electron chi connectivity index (χ1n) is 5.95. The van der Waals surface area contributed by atoms with Gasteiger partial charge in [0, 0.05) is 19.2 Å². The number of nitrogens with one attached hydrogen (secondary N) is 1. The molecular weight excluding hydrogens is 198 g/mol. The van der Waals surface area contributed by atoms with Crippen molar-refractivity contribution in [1.29, 1.82) is 0 Å². The van der Waals surface area contributed by atoms with Crippen LogP contribution in [0.25, 0.3) is 0 Å². The van der Waals surface area contributed by atoms with Gasteiger partial charge in [0.1, 0.15) is 0 Å². The van der Waals surface area contributed by atoms with Crippen molar-refractivity contribution in [1.82, 2.24) is 5.32 Å². The maximum absolute atomic E-state index is 8.97. The summed E-state index contributed by atoms with van der Waals surface area (Å²) in [6, 6.07) is 6.96. The summed E-state index contributed by atoms with van der Waals surface area (Å²) < 4.78 is 0. The van der Waals surface area contributed by atoms with E-state index in [1.165, 1.54) is 16.7 Å². The number of hydrogen-bond acceptors (Lipinski definition) is 2. The second kappa shape index (κ2) is 6.02. The largest absolute Gasteiger partial charge is 0.396 e. The lowest BCUT2D eigenvalue weighted by Gasteiger charge is -2.18. The first-order valence-corrected chi connectivity index (χ1v) is 5.95. The molecule has 1 rings (SSSR count). The van der Waals surface area contributed by atoms with E-state index in [-0.39, 0.29) is 6.61 Å². The number of hydrogen-bond donors (Lipinski definition) is 2. The quantitative estimate of drug-likeness (QED) is 0.801. The molecule has 90 valence electrons. The van der Waals surface area contributed by atoms with Gasteiger partial charge in [0.25, 0.3) is 0 Å². The molecule has 16 heavy (non-hydrogen) atoms. The third-order valence-corrected chi connectivity index (χ3v) is 2.83. The Kier molecular flexibility index (Phi) is 4.97. The number of benzene rings is 1. The van der Waals surface area contributed by atoms with Crippen LogP contribution < -0.4 is 5.32 Å². The molecule has 0 spiro atoms. The van der Waals surface area contributed by atoms with Gasteiger partial charge in [-0.1, -0.05) is 36.2 Å². The fourth-order valence-corrected chi connectivity index (χ4v) is 1.82. The smallest absolute Gasteiger partial charge is 0.0468 e. The molecule has 0 amide bonds. The van der Waals surface area contributed by atoms with Crippen LogP contribution in [-0.2, 0) is 0 Å². The molecule has 0 bridgehead atoms. The molecular formula is C14H23NO. The van der Waals surface area contributed by atoms with Crippen LogP contribution in [0, 0.1) is 19.8 Å². The van der Waals surface area contributed by atoms with E-state index in [1.54, 1.807) is 0 Å². The first-order chi connectivity index (χ1) is 7.52. The summed E-state index contributed by atoms with van der Waals surface area (Å²) >= 11 is 0. The Labute approximate surface area is 98.7 Å². The second-order valence-electron chi connectivity index (χ2n) is 4.84. The van der Waals surface area contributed by atoms with Crippen LogP contribution in [0.1, 0.15) is 36.6 Å². The van der Waals surface area contributed by atoms with Gasteiger partial charge in [-0.15, -0.1) is 0 Å². The van der Waals surface area contributed by atoms with Crippen molar-refractivity contribution in [2.24, 2.45) is 5.92 Å². The lowest BCUT2D eigenvalue weighted by molar-refractivity contribution is 0.231. The second-order valence-corrected chi connectivity index (χ2v) is 4.84. The fraction of sp³-hybridized carbons (Fsp3) is 0.571. The van der Waals surface area contributed by atoms with Gasteiger partial charge in [-0.25, -0.2) is 0 Å². The Hall–Kier alpha value is -0.860. The summed E-state index contributed by atoms with van der Waals surface area (Å²) in [4.78, 5) is 0. The molecule has 2 nitrogen and oxygen atoms in total. The Morgan fingerprint density at radius 1 is 1.12 bits per heavy atom. The minimum absolute atomic E-state index is 0.243. The van der Waals surface area contributed by atoms with Crippen LogP contribution in [0.5, 0.6) is 0 Å². The van der Waals surface area contributed by atoms with Crippen LogP contribution in [0.2, 0.25) is 0 Å². The van der Waals surface area contributed by atoms with Crippen molar-refractivity contribution in [3.63, 3.8) is 0 Å². The topological polar surface area (TPSA) is 32.3 Å². The van der Waals surface area contributed by atoms with E-state index in [9.17, 15) is 0 Å². The highest BCUT2D eigenvalue weighted by molar-refractivity contribution is 5.30.